The molecule has 1 N–H and O–H groups in total. The summed E-state index contributed by atoms with van der Waals surface area (Å²) in [6.45, 7) is 0.736. The van der Waals surface area contributed by atoms with E-state index in [1.807, 2.05) is 18.2 Å². The fraction of sp³-hybridized carbons (Fsp3) is 0.667. The third-order valence-corrected chi connectivity index (χ3v) is 5.65. The van der Waals surface area contributed by atoms with Crippen molar-refractivity contribution in [2.45, 2.75) is 56.9 Å². The van der Waals surface area contributed by atoms with Gasteiger partial charge < -0.3 is 19.7 Å². The number of hydrogen-bond donors (Lipinski definition) is 1. The number of nitrogens with zero attached hydrogens (tertiary/aromatic N) is 1. The molecule has 0 heterocycles. The number of hydrogen-bond acceptors (Lipinski definition) is 4. The molecule has 1 fully saturated rings. The highest BCUT2D eigenvalue weighted by molar-refractivity contribution is 5.76. The van der Waals surface area contributed by atoms with Crippen LogP contribution in [-0.4, -0.2) is 51.2 Å². The lowest BCUT2D eigenvalue weighted by atomic mass is 9.88. The van der Waals surface area contributed by atoms with Crippen molar-refractivity contribution in [3.63, 3.8) is 0 Å². The van der Waals surface area contributed by atoms with Gasteiger partial charge in [0.05, 0.1) is 14.2 Å². The smallest absolute Gasteiger partial charge is 0.220 e. The second-order valence-corrected chi connectivity index (χ2v) is 7.53. The van der Waals surface area contributed by atoms with Gasteiger partial charge in [-0.05, 0) is 51.1 Å². The van der Waals surface area contributed by atoms with Crippen LogP contribution in [-0.2, 0) is 11.2 Å². The highest BCUT2D eigenvalue weighted by atomic mass is 16.5. The second kappa shape index (κ2) is 9.81. The zero-order valence-corrected chi connectivity index (χ0v) is 16.8. The van der Waals surface area contributed by atoms with Crippen LogP contribution in [0.5, 0.6) is 11.5 Å². The Morgan fingerprint density at radius 1 is 1.04 bits per heavy atom. The first-order chi connectivity index (χ1) is 12.5. The molecule has 0 radical (unpaired) electrons. The van der Waals surface area contributed by atoms with Gasteiger partial charge in [0.25, 0.3) is 0 Å². The molecule has 26 heavy (non-hydrogen) atoms. The van der Waals surface area contributed by atoms with Crippen molar-refractivity contribution < 1.29 is 14.3 Å². The van der Waals surface area contributed by atoms with Crippen molar-refractivity contribution in [2.75, 3.05) is 34.9 Å². The largest absolute Gasteiger partial charge is 0.497 e. The van der Waals surface area contributed by atoms with Gasteiger partial charge in [-0.2, -0.15) is 0 Å². The van der Waals surface area contributed by atoms with E-state index in [9.17, 15) is 4.79 Å². The maximum absolute atomic E-state index is 12.4. The summed E-state index contributed by atoms with van der Waals surface area (Å²) in [5.74, 6) is 1.62. The zero-order chi connectivity index (χ0) is 19.0. The van der Waals surface area contributed by atoms with Crippen LogP contribution in [0.2, 0.25) is 0 Å². The summed E-state index contributed by atoms with van der Waals surface area (Å²) in [7, 11) is 7.55. The number of likely N-dealkylation sites (N-methyl/N-ethyl adjacent to an activating group) is 1. The van der Waals surface area contributed by atoms with Gasteiger partial charge in [0.2, 0.25) is 5.91 Å². The molecule has 1 amide bonds. The lowest BCUT2D eigenvalue weighted by Crippen LogP contribution is -2.52. The maximum Gasteiger partial charge on any atom is 0.220 e. The second-order valence-electron chi connectivity index (χ2n) is 7.53. The van der Waals surface area contributed by atoms with Crippen molar-refractivity contribution in [3.8, 4) is 11.5 Å². The van der Waals surface area contributed by atoms with Gasteiger partial charge in [0.1, 0.15) is 11.5 Å². The van der Waals surface area contributed by atoms with Gasteiger partial charge >= 0.3 is 0 Å². The SMILES string of the molecule is COc1cc(CCC(=O)NCC2(N(C)C)CCCCCC2)cc(OC)c1. The molecule has 0 unspecified atom stereocenters. The van der Waals surface area contributed by atoms with Crippen molar-refractivity contribution >= 4 is 5.91 Å². The van der Waals surface area contributed by atoms with Gasteiger partial charge in [-0.15, -0.1) is 0 Å². The first-order valence-electron chi connectivity index (χ1n) is 9.65. The van der Waals surface area contributed by atoms with Crippen LogP contribution in [0, 0.1) is 0 Å². The summed E-state index contributed by atoms with van der Waals surface area (Å²) in [4.78, 5) is 14.7. The summed E-state index contributed by atoms with van der Waals surface area (Å²) in [6.07, 6.45) is 8.58. The van der Waals surface area contributed by atoms with E-state index in [-0.39, 0.29) is 11.4 Å². The minimum atomic E-state index is 0.103. The van der Waals surface area contributed by atoms with E-state index in [0.29, 0.717) is 12.8 Å². The van der Waals surface area contributed by atoms with Gasteiger partial charge in [0.15, 0.2) is 0 Å². The Labute approximate surface area is 158 Å². The van der Waals surface area contributed by atoms with Crippen LogP contribution >= 0.6 is 0 Å². The van der Waals surface area contributed by atoms with Crippen molar-refractivity contribution in [1.29, 1.82) is 0 Å². The van der Waals surface area contributed by atoms with E-state index < -0.39 is 0 Å². The minimum Gasteiger partial charge on any atom is -0.497 e. The molecule has 0 spiro atoms. The summed E-state index contributed by atoms with van der Waals surface area (Å²) < 4.78 is 10.6. The number of carbonyl (C=O) groups is 1. The standard InChI is InChI=1S/C21H34N2O3/c1-23(2)21(11-7-5-6-8-12-21)16-22-20(24)10-9-17-13-18(25-3)15-19(14-17)26-4/h13-15H,5-12,16H2,1-4H3,(H,22,24). The Balaban J connectivity index is 1.90. The number of nitrogens with one attached hydrogen (secondary N) is 1. The predicted molar refractivity (Wildman–Crippen MR) is 105 cm³/mol. The number of carbonyl (C=O) groups excluding carboxylic acids is 1. The van der Waals surface area contributed by atoms with Crippen molar-refractivity contribution in [3.05, 3.63) is 23.8 Å². The van der Waals surface area contributed by atoms with Crippen LogP contribution in [0.3, 0.4) is 0 Å². The molecule has 146 valence electrons. The normalized spacial score (nSPS) is 16.8. The molecule has 0 atom stereocenters. The van der Waals surface area contributed by atoms with Gasteiger partial charge in [-0.1, -0.05) is 25.7 Å². The third-order valence-electron chi connectivity index (χ3n) is 5.65. The third kappa shape index (κ3) is 5.63. The Morgan fingerprint density at radius 3 is 2.12 bits per heavy atom. The van der Waals surface area contributed by atoms with Crippen LogP contribution < -0.4 is 14.8 Å². The number of benzene rings is 1. The topological polar surface area (TPSA) is 50.8 Å². The minimum absolute atomic E-state index is 0.103. The first-order valence-corrected chi connectivity index (χ1v) is 9.65. The van der Waals surface area contributed by atoms with Crippen LogP contribution in [0.1, 0.15) is 50.5 Å². The van der Waals surface area contributed by atoms with Crippen LogP contribution in [0.4, 0.5) is 0 Å². The number of rotatable bonds is 8. The van der Waals surface area contributed by atoms with E-state index in [4.69, 9.17) is 9.47 Å². The van der Waals surface area contributed by atoms with E-state index in [1.54, 1.807) is 14.2 Å². The molecule has 2 rings (SSSR count). The Morgan fingerprint density at radius 2 is 1.62 bits per heavy atom. The molecule has 0 aromatic heterocycles. The number of aryl methyl sites for hydroxylation is 1. The van der Waals surface area contributed by atoms with E-state index >= 15 is 0 Å². The molecule has 1 saturated carbocycles. The predicted octanol–water partition coefficient (Wildman–Crippen LogP) is 3.41. The monoisotopic (exact) mass is 362 g/mol. The molecular weight excluding hydrogens is 328 g/mol. The summed E-state index contributed by atoms with van der Waals surface area (Å²) in [5.41, 5.74) is 1.15. The molecule has 0 saturated heterocycles. The molecule has 5 heteroatoms. The van der Waals surface area contributed by atoms with Crippen molar-refractivity contribution in [1.82, 2.24) is 10.2 Å². The summed E-state index contributed by atoms with van der Waals surface area (Å²) in [6, 6.07) is 5.77. The van der Waals surface area contributed by atoms with Crippen LogP contribution in [0.25, 0.3) is 0 Å². The zero-order valence-electron chi connectivity index (χ0n) is 16.8. The van der Waals surface area contributed by atoms with Gasteiger partial charge in [-0.3, -0.25) is 4.79 Å². The van der Waals surface area contributed by atoms with E-state index in [1.165, 1.54) is 25.7 Å². The Kier molecular flexibility index (Phi) is 7.76. The van der Waals surface area contributed by atoms with Crippen molar-refractivity contribution in [2.24, 2.45) is 0 Å². The van der Waals surface area contributed by atoms with Gasteiger partial charge in [-0.25, -0.2) is 0 Å². The fourth-order valence-electron chi connectivity index (χ4n) is 3.79. The Hall–Kier alpha value is -1.75. The Bertz CT molecular complexity index is 556. The number of amides is 1. The summed E-state index contributed by atoms with van der Waals surface area (Å²) >= 11 is 0. The molecule has 1 aliphatic carbocycles. The summed E-state index contributed by atoms with van der Waals surface area (Å²) in [5, 5.41) is 3.19. The average Bonchev–Trinajstić information content (AvgIpc) is 2.91. The number of ether oxygens (including phenoxy) is 2. The molecule has 0 bridgehead atoms. The molecule has 1 aromatic rings. The number of methoxy groups -OCH3 is 2. The fourth-order valence-corrected chi connectivity index (χ4v) is 3.79. The lowest BCUT2D eigenvalue weighted by Gasteiger charge is -2.39. The van der Waals surface area contributed by atoms with Gasteiger partial charge in [0, 0.05) is 24.6 Å². The highest BCUT2D eigenvalue weighted by Gasteiger charge is 2.33. The molecule has 1 aromatic carbocycles. The molecule has 1 aliphatic rings. The average molecular weight is 363 g/mol. The lowest BCUT2D eigenvalue weighted by molar-refractivity contribution is -0.121. The van der Waals surface area contributed by atoms with Crippen LogP contribution in [0.15, 0.2) is 18.2 Å². The maximum atomic E-state index is 12.4. The molecular formula is C21H34N2O3. The van der Waals surface area contributed by atoms with E-state index in [2.05, 4.69) is 24.3 Å². The first kappa shape index (κ1) is 20.6. The molecule has 0 aliphatic heterocycles. The highest BCUT2D eigenvalue weighted by Crippen LogP contribution is 2.30. The quantitative estimate of drug-likeness (QED) is 0.720. The molecule has 5 nitrogen and oxygen atoms in total. The van der Waals surface area contributed by atoms with E-state index in [0.717, 1.165) is 36.4 Å².